The van der Waals surface area contributed by atoms with Crippen molar-refractivity contribution in [1.82, 2.24) is 0 Å². The van der Waals surface area contributed by atoms with Crippen molar-refractivity contribution < 1.29 is 18.3 Å². The molecular weight excluding hydrogens is 440 g/mol. The number of hydrogen-bond acceptors (Lipinski definition) is 3. The van der Waals surface area contributed by atoms with Crippen LogP contribution in [-0.2, 0) is 6.61 Å². The van der Waals surface area contributed by atoms with Crippen LogP contribution in [0.3, 0.4) is 0 Å². The van der Waals surface area contributed by atoms with Gasteiger partial charge in [-0.15, -0.1) is 0 Å². The molecule has 0 fully saturated rings. The minimum Gasteiger partial charge on any atom is -0.493 e. The highest BCUT2D eigenvalue weighted by molar-refractivity contribution is 9.10. The first-order chi connectivity index (χ1) is 14.0. The molecular formula is C23H16BrF2NO2. The SMILES string of the molecule is COc1cc(C=C(C#N)c2ccc(F)cc2)c(Br)cc1OCc1ccc(F)cc1. The van der Waals surface area contributed by atoms with Crippen LogP contribution in [0.4, 0.5) is 8.78 Å². The summed E-state index contributed by atoms with van der Waals surface area (Å²) in [6.07, 6.45) is 1.68. The Hall–Kier alpha value is -3.17. The molecule has 146 valence electrons. The average molecular weight is 456 g/mol. The van der Waals surface area contributed by atoms with Gasteiger partial charge >= 0.3 is 0 Å². The lowest BCUT2D eigenvalue weighted by Crippen LogP contribution is -1.98. The van der Waals surface area contributed by atoms with Crippen molar-refractivity contribution in [2.75, 3.05) is 7.11 Å². The van der Waals surface area contributed by atoms with Gasteiger partial charge in [0.2, 0.25) is 0 Å². The van der Waals surface area contributed by atoms with Crippen molar-refractivity contribution in [2.24, 2.45) is 0 Å². The van der Waals surface area contributed by atoms with Gasteiger partial charge in [0.05, 0.1) is 18.8 Å². The normalized spacial score (nSPS) is 11.1. The molecule has 0 N–H and O–H groups in total. The van der Waals surface area contributed by atoms with Crippen molar-refractivity contribution in [1.29, 1.82) is 5.26 Å². The van der Waals surface area contributed by atoms with Crippen molar-refractivity contribution in [3.63, 3.8) is 0 Å². The summed E-state index contributed by atoms with van der Waals surface area (Å²) in [6, 6.07) is 17.4. The average Bonchev–Trinajstić information content (AvgIpc) is 2.73. The van der Waals surface area contributed by atoms with Crippen molar-refractivity contribution in [3.05, 3.63) is 93.5 Å². The molecule has 0 aromatic heterocycles. The molecule has 3 aromatic carbocycles. The quantitative estimate of drug-likeness (QED) is 0.319. The third-order valence-electron chi connectivity index (χ3n) is 4.17. The van der Waals surface area contributed by atoms with Crippen LogP contribution in [0.1, 0.15) is 16.7 Å². The Morgan fingerprint density at radius 2 is 1.62 bits per heavy atom. The molecule has 0 bridgehead atoms. The maximum atomic E-state index is 13.1. The fourth-order valence-electron chi connectivity index (χ4n) is 2.64. The smallest absolute Gasteiger partial charge is 0.162 e. The van der Waals surface area contributed by atoms with Crippen LogP contribution in [0.25, 0.3) is 11.6 Å². The van der Waals surface area contributed by atoms with Crippen LogP contribution in [-0.4, -0.2) is 7.11 Å². The molecule has 0 atom stereocenters. The summed E-state index contributed by atoms with van der Waals surface area (Å²) in [7, 11) is 1.52. The van der Waals surface area contributed by atoms with Gasteiger partial charge in [-0.2, -0.15) is 5.26 Å². The second-order valence-corrected chi connectivity index (χ2v) is 6.97. The Labute approximate surface area is 175 Å². The molecule has 0 amide bonds. The fourth-order valence-corrected chi connectivity index (χ4v) is 3.08. The number of nitrogens with zero attached hydrogens (tertiary/aromatic N) is 1. The van der Waals surface area contributed by atoms with E-state index >= 15 is 0 Å². The number of hydrogen-bond donors (Lipinski definition) is 0. The number of benzene rings is 3. The molecule has 0 radical (unpaired) electrons. The van der Waals surface area contributed by atoms with Crippen molar-refractivity contribution in [2.45, 2.75) is 6.61 Å². The molecule has 3 rings (SSSR count). The molecule has 6 heteroatoms. The van der Waals surface area contributed by atoms with Crippen LogP contribution < -0.4 is 9.47 Å². The minimum absolute atomic E-state index is 0.247. The van der Waals surface area contributed by atoms with Crippen LogP contribution in [0.2, 0.25) is 0 Å². The monoisotopic (exact) mass is 455 g/mol. The van der Waals surface area contributed by atoms with E-state index in [0.29, 0.717) is 32.7 Å². The van der Waals surface area contributed by atoms with E-state index in [9.17, 15) is 14.0 Å². The molecule has 3 nitrogen and oxygen atoms in total. The number of rotatable bonds is 6. The Morgan fingerprint density at radius 1 is 1.00 bits per heavy atom. The Kier molecular flexibility index (Phi) is 6.63. The van der Waals surface area contributed by atoms with Gasteiger partial charge in [0.1, 0.15) is 18.2 Å². The molecule has 0 saturated heterocycles. The first-order valence-electron chi connectivity index (χ1n) is 8.62. The van der Waals surface area contributed by atoms with E-state index in [1.165, 1.54) is 31.4 Å². The molecule has 0 aliphatic heterocycles. The zero-order valence-corrected chi connectivity index (χ0v) is 17.0. The maximum Gasteiger partial charge on any atom is 0.162 e. The lowest BCUT2D eigenvalue weighted by atomic mass is 10.0. The summed E-state index contributed by atoms with van der Waals surface area (Å²) in [5.41, 5.74) is 2.51. The van der Waals surface area contributed by atoms with E-state index in [2.05, 4.69) is 22.0 Å². The summed E-state index contributed by atoms with van der Waals surface area (Å²) in [5.74, 6) is 0.315. The minimum atomic E-state index is -0.364. The van der Waals surface area contributed by atoms with Gasteiger partial charge in [0.25, 0.3) is 0 Å². The molecule has 0 aliphatic rings. The van der Waals surface area contributed by atoms with Crippen LogP contribution >= 0.6 is 15.9 Å². The van der Waals surface area contributed by atoms with Crippen LogP contribution in [0, 0.1) is 23.0 Å². The second kappa shape index (κ2) is 9.35. The van der Waals surface area contributed by atoms with Gasteiger partial charge < -0.3 is 9.47 Å². The van der Waals surface area contributed by atoms with E-state index < -0.39 is 0 Å². The zero-order valence-electron chi connectivity index (χ0n) is 15.5. The lowest BCUT2D eigenvalue weighted by molar-refractivity contribution is 0.284. The topological polar surface area (TPSA) is 42.2 Å². The molecule has 0 unspecified atom stereocenters. The number of methoxy groups -OCH3 is 1. The van der Waals surface area contributed by atoms with Crippen molar-refractivity contribution >= 4 is 27.6 Å². The Bertz CT molecular complexity index is 1070. The molecule has 0 aliphatic carbocycles. The molecule has 0 heterocycles. The third-order valence-corrected chi connectivity index (χ3v) is 4.85. The van der Waals surface area contributed by atoms with E-state index in [-0.39, 0.29) is 18.2 Å². The van der Waals surface area contributed by atoms with Gasteiger partial charge in [-0.1, -0.05) is 40.2 Å². The number of allylic oxidation sites excluding steroid dienone is 1. The fraction of sp³-hybridized carbons (Fsp3) is 0.0870. The largest absolute Gasteiger partial charge is 0.493 e. The highest BCUT2D eigenvalue weighted by atomic mass is 79.9. The van der Waals surface area contributed by atoms with Crippen LogP contribution in [0.15, 0.2) is 65.1 Å². The number of nitriles is 1. The van der Waals surface area contributed by atoms with Gasteiger partial charge in [-0.3, -0.25) is 0 Å². The maximum absolute atomic E-state index is 13.1. The molecule has 0 saturated carbocycles. The summed E-state index contributed by atoms with van der Waals surface area (Å²) >= 11 is 3.49. The van der Waals surface area contributed by atoms with Gasteiger partial charge in [-0.25, -0.2) is 8.78 Å². The second-order valence-electron chi connectivity index (χ2n) is 6.12. The van der Waals surface area contributed by atoms with E-state index in [4.69, 9.17) is 9.47 Å². The van der Waals surface area contributed by atoms with E-state index in [0.717, 1.165) is 5.56 Å². The first kappa shape index (κ1) is 20.6. The lowest BCUT2D eigenvalue weighted by Gasteiger charge is -2.13. The molecule has 29 heavy (non-hydrogen) atoms. The number of ether oxygens (including phenoxy) is 2. The highest BCUT2D eigenvalue weighted by Gasteiger charge is 2.11. The summed E-state index contributed by atoms with van der Waals surface area (Å²) < 4.78 is 38.1. The zero-order chi connectivity index (χ0) is 20.8. The van der Waals surface area contributed by atoms with Gasteiger partial charge in [0.15, 0.2) is 11.5 Å². The third kappa shape index (κ3) is 5.21. The molecule has 3 aromatic rings. The summed E-state index contributed by atoms with van der Waals surface area (Å²) in [4.78, 5) is 0. The standard InChI is InChI=1S/C23H16BrF2NO2/c1-28-22-11-17(10-18(13-27)16-4-8-20(26)9-5-16)21(24)12-23(22)29-14-15-2-6-19(25)7-3-15/h2-12H,14H2,1H3. The molecule has 0 spiro atoms. The highest BCUT2D eigenvalue weighted by Crippen LogP contribution is 2.36. The first-order valence-corrected chi connectivity index (χ1v) is 9.42. The number of halogens is 3. The van der Waals surface area contributed by atoms with Gasteiger partial charge in [-0.05, 0) is 59.2 Å². The summed E-state index contributed by atoms with van der Waals surface area (Å²) in [5, 5.41) is 9.50. The van der Waals surface area contributed by atoms with Crippen LogP contribution in [0.5, 0.6) is 11.5 Å². The predicted molar refractivity (Wildman–Crippen MR) is 111 cm³/mol. The Morgan fingerprint density at radius 3 is 2.21 bits per heavy atom. The van der Waals surface area contributed by atoms with E-state index in [1.54, 1.807) is 42.5 Å². The van der Waals surface area contributed by atoms with E-state index in [1.807, 2.05) is 0 Å². The Balaban J connectivity index is 1.88. The van der Waals surface area contributed by atoms with Gasteiger partial charge in [0, 0.05) is 4.47 Å². The predicted octanol–water partition coefficient (Wildman–Crippen LogP) is 6.38. The van der Waals surface area contributed by atoms with Crippen molar-refractivity contribution in [3.8, 4) is 17.6 Å². The summed E-state index contributed by atoms with van der Waals surface area (Å²) in [6.45, 7) is 0.247.